The lowest BCUT2D eigenvalue weighted by Crippen LogP contribution is -2.29. The van der Waals surface area contributed by atoms with Crippen LogP contribution in [0.3, 0.4) is 0 Å². The summed E-state index contributed by atoms with van der Waals surface area (Å²) in [6.45, 7) is 2.34. The monoisotopic (exact) mass is 367 g/mol. The minimum Gasteiger partial charge on any atom is -0.468 e. The first-order chi connectivity index (χ1) is 12.6. The van der Waals surface area contributed by atoms with Gasteiger partial charge in [-0.3, -0.25) is 14.4 Å². The number of carbonyl (C=O) groups excluding carboxylic acids is 1. The highest BCUT2D eigenvalue weighted by Crippen LogP contribution is 2.37. The Bertz CT molecular complexity index is 980. The summed E-state index contributed by atoms with van der Waals surface area (Å²) in [5.74, 6) is 0.677. The number of anilines is 1. The smallest absolute Gasteiger partial charge is 0.259 e. The zero-order chi connectivity index (χ0) is 18.1. The number of aromatic nitrogens is 2. The third-order valence-electron chi connectivity index (χ3n) is 4.40. The van der Waals surface area contributed by atoms with Crippen LogP contribution in [0.1, 0.15) is 32.1 Å². The zero-order valence-electron chi connectivity index (χ0n) is 14.2. The van der Waals surface area contributed by atoms with Crippen LogP contribution in [0.4, 0.5) is 5.00 Å². The maximum absolute atomic E-state index is 12.4. The van der Waals surface area contributed by atoms with Gasteiger partial charge >= 0.3 is 0 Å². The normalized spacial score (nSPS) is 14.0. The van der Waals surface area contributed by atoms with Gasteiger partial charge in [0.25, 0.3) is 5.91 Å². The fraction of sp³-hybridized carbons (Fsp3) is 0.278. The number of furan rings is 1. The first-order valence-corrected chi connectivity index (χ1v) is 9.05. The van der Waals surface area contributed by atoms with Gasteiger partial charge in [0.1, 0.15) is 16.8 Å². The number of thiophene rings is 1. The molecule has 0 aromatic carbocycles. The molecule has 8 heteroatoms. The molecule has 3 aromatic heterocycles. The summed E-state index contributed by atoms with van der Waals surface area (Å²) < 4.78 is 7.00. The van der Waals surface area contributed by atoms with Gasteiger partial charge in [0.05, 0.1) is 30.1 Å². The maximum Gasteiger partial charge on any atom is 0.259 e. The number of nitrogens with zero attached hydrogens (tertiary/aromatic N) is 4. The largest absolute Gasteiger partial charge is 0.468 e. The molecule has 1 amide bonds. The van der Waals surface area contributed by atoms with Crippen LogP contribution in [0.25, 0.3) is 0 Å². The number of hydrogen-bond donors (Lipinski definition) is 1. The maximum atomic E-state index is 12.4. The molecule has 0 fully saturated rings. The molecule has 132 valence electrons. The molecule has 4 rings (SSSR count). The van der Waals surface area contributed by atoms with Crippen LogP contribution < -0.4 is 5.32 Å². The van der Waals surface area contributed by atoms with Gasteiger partial charge < -0.3 is 9.73 Å². The van der Waals surface area contributed by atoms with E-state index in [9.17, 15) is 10.1 Å². The topological polar surface area (TPSA) is 87.1 Å². The molecule has 26 heavy (non-hydrogen) atoms. The average molecular weight is 367 g/mol. The molecule has 0 radical (unpaired) electrons. The molecule has 0 aliphatic carbocycles. The van der Waals surface area contributed by atoms with Gasteiger partial charge in [-0.05, 0) is 24.1 Å². The fourth-order valence-corrected chi connectivity index (χ4v) is 4.37. The lowest BCUT2D eigenvalue weighted by molar-refractivity contribution is 0.102. The third-order valence-corrected chi connectivity index (χ3v) is 5.53. The highest BCUT2D eigenvalue weighted by Gasteiger charge is 2.26. The number of rotatable bonds is 4. The van der Waals surface area contributed by atoms with Crippen molar-refractivity contribution < 1.29 is 9.21 Å². The SMILES string of the molecule is Cn1cc(C(=O)Nc2sc3c(c2C#N)CCN(Cc2ccco2)C3)cn1. The van der Waals surface area contributed by atoms with Crippen LogP contribution in [0.5, 0.6) is 0 Å². The van der Waals surface area contributed by atoms with E-state index in [1.165, 1.54) is 17.5 Å². The number of hydrogen-bond acceptors (Lipinski definition) is 6. The van der Waals surface area contributed by atoms with Gasteiger partial charge in [0, 0.05) is 31.2 Å². The Morgan fingerprint density at radius 1 is 1.54 bits per heavy atom. The van der Waals surface area contributed by atoms with E-state index in [-0.39, 0.29) is 5.91 Å². The highest BCUT2D eigenvalue weighted by molar-refractivity contribution is 7.16. The van der Waals surface area contributed by atoms with E-state index in [4.69, 9.17) is 4.42 Å². The van der Waals surface area contributed by atoms with E-state index in [0.29, 0.717) is 16.1 Å². The molecule has 4 heterocycles. The number of carbonyl (C=O) groups is 1. The van der Waals surface area contributed by atoms with Crippen molar-refractivity contribution in [1.82, 2.24) is 14.7 Å². The first-order valence-electron chi connectivity index (χ1n) is 8.23. The van der Waals surface area contributed by atoms with Gasteiger partial charge in [-0.2, -0.15) is 10.4 Å². The van der Waals surface area contributed by atoms with Gasteiger partial charge in [0.2, 0.25) is 0 Å². The van der Waals surface area contributed by atoms with E-state index >= 15 is 0 Å². The van der Waals surface area contributed by atoms with Crippen LogP contribution in [0.15, 0.2) is 35.2 Å². The second kappa shape index (κ2) is 6.78. The Morgan fingerprint density at radius 3 is 3.12 bits per heavy atom. The summed E-state index contributed by atoms with van der Waals surface area (Å²) >= 11 is 1.48. The highest BCUT2D eigenvalue weighted by atomic mass is 32.1. The Morgan fingerprint density at radius 2 is 2.42 bits per heavy atom. The lowest BCUT2D eigenvalue weighted by Gasteiger charge is -2.25. The van der Waals surface area contributed by atoms with Gasteiger partial charge in [0.15, 0.2) is 0 Å². The van der Waals surface area contributed by atoms with Crippen molar-refractivity contribution in [2.75, 3.05) is 11.9 Å². The van der Waals surface area contributed by atoms with Gasteiger partial charge in [-0.25, -0.2) is 0 Å². The summed E-state index contributed by atoms with van der Waals surface area (Å²) in [4.78, 5) is 15.8. The summed E-state index contributed by atoms with van der Waals surface area (Å²) in [6.07, 6.45) is 5.63. The second-order valence-electron chi connectivity index (χ2n) is 6.22. The average Bonchev–Trinajstić information content (AvgIpc) is 3.34. The Labute approximate surface area is 154 Å². The van der Waals surface area contributed by atoms with E-state index in [1.807, 2.05) is 12.1 Å². The van der Waals surface area contributed by atoms with Gasteiger partial charge in [-0.1, -0.05) is 0 Å². The van der Waals surface area contributed by atoms with Crippen LogP contribution in [0, 0.1) is 11.3 Å². The van der Waals surface area contributed by atoms with Gasteiger partial charge in [-0.15, -0.1) is 11.3 Å². The van der Waals surface area contributed by atoms with E-state index in [2.05, 4.69) is 21.4 Å². The van der Waals surface area contributed by atoms with Crippen molar-refractivity contribution in [2.24, 2.45) is 7.05 Å². The molecule has 0 unspecified atom stereocenters. The number of nitrogens with one attached hydrogen (secondary N) is 1. The molecular weight excluding hydrogens is 350 g/mol. The van der Waals surface area contributed by atoms with Crippen molar-refractivity contribution in [1.29, 1.82) is 5.26 Å². The molecule has 0 atom stereocenters. The van der Waals surface area contributed by atoms with Crippen molar-refractivity contribution >= 4 is 22.2 Å². The number of amides is 1. The van der Waals surface area contributed by atoms with Crippen LogP contribution >= 0.6 is 11.3 Å². The molecule has 7 nitrogen and oxygen atoms in total. The number of nitriles is 1. The standard InChI is InChI=1S/C18H17N5O2S/c1-22-9-12(8-20-22)17(24)21-18-15(7-19)14-4-5-23(11-16(14)26-18)10-13-3-2-6-25-13/h2-3,6,8-9H,4-5,10-11H2,1H3,(H,21,24). The minimum absolute atomic E-state index is 0.249. The first kappa shape index (κ1) is 16.6. The molecular formula is C18H17N5O2S. The Hall–Kier alpha value is -2.89. The van der Waals surface area contributed by atoms with Crippen LogP contribution in [-0.4, -0.2) is 27.1 Å². The summed E-state index contributed by atoms with van der Waals surface area (Å²) in [7, 11) is 1.76. The van der Waals surface area contributed by atoms with E-state index < -0.39 is 0 Å². The Balaban J connectivity index is 1.54. The third kappa shape index (κ3) is 3.14. The molecule has 1 aliphatic heterocycles. The summed E-state index contributed by atoms with van der Waals surface area (Å²) in [5, 5.41) is 17.1. The number of aryl methyl sites for hydroxylation is 1. The van der Waals surface area contributed by atoms with Crippen molar-refractivity contribution in [3.8, 4) is 6.07 Å². The molecule has 1 N–H and O–H groups in total. The fourth-order valence-electron chi connectivity index (χ4n) is 3.13. The van der Waals surface area contributed by atoms with E-state index in [1.54, 1.807) is 24.2 Å². The minimum atomic E-state index is -0.249. The number of fused-ring (bicyclic) bond motifs is 1. The Kier molecular flexibility index (Phi) is 4.32. The van der Waals surface area contributed by atoms with Crippen molar-refractivity contribution in [3.05, 3.63) is 58.1 Å². The molecule has 0 spiro atoms. The molecule has 3 aromatic rings. The van der Waals surface area contributed by atoms with Crippen LogP contribution in [-0.2, 0) is 26.6 Å². The lowest BCUT2D eigenvalue weighted by atomic mass is 10.0. The van der Waals surface area contributed by atoms with E-state index in [0.717, 1.165) is 42.3 Å². The van der Waals surface area contributed by atoms with Crippen molar-refractivity contribution in [2.45, 2.75) is 19.5 Å². The molecule has 0 bridgehead atoms. The second-order valence-corrected chi connectivity index (χ2v) is 7.32. The zero-order valence-corrected chi connectivity index (χ0v) is 15.0. The van der Waals surface area contributed by atoms with Crippen molar-refractivity contribution in [3.63, 3.8) is 0 Å². The molecule has 0 saturated heterocycles. The molecule has 1 aliphatic rings. The summed E-state index contributed by atoms with van der Waals surface area (Å²) in [6, 6.07) is 6.11. The predicted octanol–water partition coefficient (Wildman–Crippen LogP) is 2.76. The quantitative estimate of drug-likeness (QED) is 0.766. The van der Waals surface area contributed by atoms with Crippen LogP contribution in [0.2, 0.25) is 0 Å². The molecule has 0 saturated carbocycles. The summed E-state index contributed by atoms with van der Waals surface area (Å²) in [5.41, 5.74) is 2.11. The predicted molar refractivity (Wildman–Crippen MR) is 96.7 cm³/mol.